The number of ether oxygens (including phenoxy) is 1. The number of fused-ring (bicyclic) bond motifs is 1. The number of aromatic nitrogens is 1. The summed E-state index contributed by atoms with van der Waals surface area (Å²) in [6.07, 6.45) is 6.42. The molecule has 6 nitrogen and oxygen atoms in total. The molecule has 0 saturated heterocycles. The molecule has 1 aliphatic carbocycles. The van der Waals surface area contributed by atoms with Crippen LogP contribution >= 0.6 is 35.1 Å². The summed E-state index contributed by atoms with van der Waals surface area (Å²) in [6, 6.07) is 13.6. The predicted octanol–water partition coefficient (Wildman–Crippen LogP) is 6.40. The highest BCUT2D eigenvalue weighted by Crippen LogP contribution is 2.48. The van der Waals surface area contributed by atoms with Gasteiger partial charge in [-0.25, -0.2) is 9.78 Å². The lowest BCUT2D eigenvalue weighted by Gasteiger charge is -2.28. The number of aryl methyl sites for hydroxylation is 2. The van der Waals surface area contributed by atoms with Gasteiger partial charge in [0.05, 0.1) is 40.3 Å². The van der Waals surface area contributed by atoms with Crippen LogP contribution < -0.4 is 5.73 Å². The molecule has 9 heteroatoms. The number of halogens is 1. The number of carbonyl (C=O) groups is 1. The third-order valence-corrected chi connectivity index (χ3v) is 9.03. The molecule has 190 valence electrons. The Morgan fingerprint density at radius 1 is 1.22 bits per heavy atom. The summed E-state index contributed by atoms with van der Waals surface area (Å²) in [5.41, 5.74) is 10.3. The first-order valence-corrected chi connectivity index (χ1v) is 14.4. The Hall–Kier alpha value is -2.91. The predicted molar refractivity (Wildman–Crippen MR) is 148 cm³/mol. The number of nitrogens with two attached hydrogens (primary N) is 1. The van der Waals surface area contributed by atoms with E-state index in [0.29, 0.717) is 42.4 Å². The van der Waals surface area contributed by atoms with Crippen molar-refractivity contribution < 1.29 is 9.53 Å². The molecule has 0 bridgehead atoms. The zero-order valence-electron chi connectivity index (χ0n) is 20.6. The number of rotatable bonds is 6. The third kappa shape index (κ3) is 5.99. The topological polar surface area (TPSA) is 113 Å². The van der Waals surface area contributed by atoms with Gasteiger partial charge in [0.25, 0.3) is 0 Å². The Labute approximate surface area is 230 Å². The molecular formula is C28H27ClN4O2S2. The van der Waals surface area contributed by atoms with Crippen molar-refractivity contribution in [2.45, 2.75) is 56.4 Å². The zero-order chi connectivity index (χ0) is 26.4. The van der Waals surface area contributed by atoms with Crippen LogP contribution in [-0.4, -0.2) is 23.3 Å². The number of nitriles is 2. The second-order valence-corrected chi connectivity index (χ2v) is 11.3. The van der Waals surface area contributed by atoms with E-state index in [4.69, 9.17) is 27.1 Å². The second kappa shape index (κ2) is 12.6. The van der Waals surface area contributed by atoms with Crippen LogP contribution in [0.4, 0.5) is 0 Å². The maximum atomic E-state index is 13.3. The Kier molecular flexibility index (Phi) is 9.21. The van der Waals surface area contributed by atoms with Crippen molar-refractivity contribution in [3.05, 3.63) is 78.8 Å². The van der Waals surface area contributed by atoms with Gasteiger partial charge >= 0.3 is 5.97 Å². The molecule has 2 aliphatic rings. The minimum absolute atomic E-state index is 0.189. The summed E-state index contributed by atoms with van der Waals surface area (Å²) < 4.78 is 5.43. The highest BCUT2D eigenvalue weighted by atomic mass is 35.5. The lowest BCUT2D eigenvalue weighted by atomic mass is 9.84. The van der Waals surface area contributed by atoms with E-state index in [0.717, 1.165) is 36.9 Å². The molecule has 37 heavy (non-hydrogen) atoms. The van der Waals surface area contributed by atoms with Crippen LogP contribution in [0.15, 0.2) is 56.4 Å². The summed E-state index contributed by atoms with van der Waals surface area (Å²) in [6.45, 7) is 1.93. The first-order valence-electron chi connectivity index (χ1n) is 12.3. The molecule has 1 aromatic heterocycles. The molecule has 2 aromatic rings. The maximum Gasteiger partial charge on any atom is 0.335 e. The van der Waals surface area contributed by atoms with E-state index in [-0.39, 0.29) is 12.2 Å². The van der Waals surface area contributed by atoms with Gasteiger partial charge in [0.15, 0.2) is 0 Å². The van der Waals surface area contributed by atoms with Gasteiger partial charge in [-0.3, -0.25) is 0 Å². The van der Waals surface area contributed by atoms with Gasteiger partial charge < -0.3 is 10.5 Å². The summed E-state index contributed by atoms with van der Waals surface area (Å²) in [4.78, 5) is 18.8. The van der Waals surface area contributed by atoms with Gasteiger partial charge in [-0.15, -0.1) is 0 Å². The maximum absolute atomic E-state index is 13.3. The summed E-state index contributed by atoms with van der Waals surface area (Å²) in [5.74, 6) is -0.907. The van der Waals surface area contributed by atoms with Crippen molar-refractivity contribution >= 4 is 41.1 Å². The van der Waals surface area contributed by atoms with Crippen molar-refractivity contribution in [1.82, 2.24) is 4.98 Å². The Balaban J connectivity index is 1.76. The first kappa shape index (κ1) is 27.1. The fourth-order valence-electron chi connectivity index (χ4n) is 4.67. The molecule has 4 rings (SSSR count). The summed E-state index contributed by atoms with van der Waals surface area (Å²) in [5, 5.41) is 21.2. The minimum atomic E-state index is -0.742. The number of thioether (sulfide) groups is 2. The SMILES string of the molecule is CCOC(=O)C1=C(CSc2nc3c(cc2C#N)CCCCCC3)SC(N)=C(C#N)C1c1ccccc1Cl. The molecule has 0 fully saturated rings. The lowest BCUT2D eigenvalue weighted by Crippen LogP contribution is -2.23. The van der Waals surface area contributed by atoms with Crippen LogP contribution in [0.25, 0.3) is 0 Å². The van der Waals surface area contributed by atoms with Crippen molar-refractivity contribution in [2.75, 3.05) is 12.4 Å². The van der Waals surface area contributed by atoms with Crippen LogP contribution in [-0.2, 0) is 22.4 Å². The highest BCUT2D eigenvalue weighted by molar-refractivity contribution is 8.08. The van der Waals surface area contributed by atoms with E-state index in [1.54, 1.807) is 25.1 Å². The second-order valence-electron chi connectivity index (χ2n) is 8.77. The number of esters is 1. The first-order chi connectivity index (χ1) is 18.0. The highest BCUT2D eigenvalue weighted by Gasteiger charge is 2.37. The molecule has 0 spiro atoms. The Morgan fingerprint density at radius 2 is 1.97 bits per heavy atom. The van der Waals surface area contributed by atoms with Crippen LogP contribution in [0.2, 0.25) is 5.02 Å². The summed E-state index contributed by atoms with van der Waals surface area (Å²) >= 11 is 9.11. The number of pyridine rings is 1. The standard InChI is InChI=1S/C28H27ClN4O2S2/c1-2-35-28(34)25-23(37-26(32)20(15-31)24(25)19-10-7-8-11-21(19)29)16-36-27-18(14-30)13-17-9-5-3-4-6-12-22(17)33-27/h7-8,10-11,13,24H,2-6,9,12,16,32H2,1H3. The van der Waals surface area contributed by atoms with E-state index in [9.17, 15) is 15.3 Å². The average Bonchev–Trinajstić information content (AvgIpc) is 2.88. The average molecular weight is 551 g/mol. The largest absolute Gasteiger partial charge is 0.463 e. The molecular weight excluding hydrogens is 524 g/mol. The quantitative estimate of drug-likeness (QED) is 0.324. The van der Waals surface area contributed by atoms with Crippen molar-refractivity contribution in [2.24, 2.45) is 5.73 Å². The molecule has 1 unspecified atom stereocenters. The lowest BCUT2D eigenvalue weighted by molar-refractivity contribution is -0.138. The third-order valence-electron chi connectivity index (χ3n) is 6.43. The van der Waals surface area contributed by atoms with Crippen molar-refractivity contribution in [3.63, 3.8) is 0 Å². The van der Waals surface area contributed by atoms with Gasteiger partial charge in [0, 0.05) is 21.4 Å². The van der Waals surface area contributed by atoms with E-state index >= 15 is 0 Å². The van der Waals surface area contributed by atoms with Crippen molar-refractivity contribution in [1.29, 1.82) is 10.5 Å². The van der Waals surface area contributed by atoms with Gasteiger partial charge in [-0.05, 0) is 55.9 Å². The Morgan fingerprint density at radius 3 is 2.68 bits per heavy atom. The number of nitrogens with zero attached hydrogens (tertiary/aromatic N) is 3. The minimum Gasteiger partial charge on any atom is -0.463 e. The normalized spacial score (nSPS) is 17.8. The monoisotopic (exact) mass is 550 g/mol. The van der Waals surface area contributed by atoms with Gasteiger partial charge in [-0.2, -0.15) is 10.5 Å². The van der Waals surface area contributed by atoms with E-state index < -0.39 is 11.9 Å². The van der Waals surface area contributed by atoms with Gasteiger partial charge in [0.1, 0.15) is 11.1 Å². The Bertz CT molecular complexity index is 1360. The van der Waals surface area contributed by atoms with Gasteiger partial charge in [0.2, 0.25) is 0 Å². The van der Waals surface area contributed by atoms with Crippen LogP contribution in [0.3, 0.4) is 0 Å². The number of hydrogen-bond donors (Lipinski definition) is 1. The molecule has 2 heterocycles. The van der Waals surface area contributed by atoms with Crippen LogP contribution in [0.1, 0.15) is 60.9 Å². The fourth-order valence-corrected chi connectivity index (χ4v) is 7.04. The molecule has 1 aliphatic heterocycles. The number of hydrogen-bond acceptors (Lipinski definition) is 8. The fraction of sp³-hybridized carbons (Fsp3) is 0.357. The molecule has 0 radical (unpaired) electrons. The zero-order valence-corrected chi connectivity index (χ0v) is 22.9. The molecule has 0 saturated carbocycles. The van der Waals surface area contributed by atoms with E-state index in [2.05, 4.69) is 12.1 Å². The van der Waals surface area contributed by atoms with E-state index in [1.807, 2.05) is 12.1 Å². The number of benzene rings is 1. The van der Waals surface area contributed by atoms with Crippen LogP contribution in [0.5, 0.6) is 0 Å². The molecule has 2 N–H and O–H groups in total. The molecule has 1 atom stereocenters. The van der Waals surface area contributed by atoms with Crippen molar-refractivity contribution in [3.8, 4) is 12.1 Å². The van der Waals surface area contributed by atoms with Gasteiger partial charge in [-0.1, -0.05) is 66.2 Å². The van der Waals surface area contributed by atoms with E-state index in [1.165, 1.54) is 36.4 Å². The van der Waals surface area contributed by atoms with Crippen LogP contribution in [0, 0.1) is 22.7 Å². The smallest absolute Gasteiger partial charge is 0.335 e. The molecule has 0 amide bonds. The summed E-state index contributed by atoms with van der Waals surface area (Å²) in [7, 11) is 0. The molecule has 1 aromatic carbocycles. The number of carbonyl (C=O) groups excluding carboxylic acids is 1. The number of allylic oxidation sites excluding steroid dienone is 1.